The van der Waals surface area contributed by atoms with Gasteiger partial charge < -0.3 is 10.2 Å². The van der Waals surface area contributed by atoms with E-state index in [9.17, 15) is 0 Å². The van der Waals surface area contributed by atoms with Gasteiger partial charge in [0.2, 0.25) is 0 Å². The van der Waals surface area contributed by atoms with E-state index in [4.69, 9.17) is 0 Å². The average Bonchev–Trinajstić information content (AvgIpc) is 2.74. The molecule has 1 aromatic heterocycles. The van der Waals surface area contributed by atoms with Gasteiger partial charge in [0.1, 0.15) is 0 Å². The molecule has 1 aromatic rings. The molecule has 0 saturated heterocycles. The largest absolute Gasteiger partial charge is 0.308 e. The van der Waals surface area contributed by atoms with E-state index in [0.29, 0.717) is 6.04 Å². The van der Waals surface area contributed by atoms with Gasteiger partial charge in [-0.2, -0.15) is 0 Å². The monoisotopic (exact) mass is 256 g/mol. The van der Waals surface area contributed by atoms with Crippen LogP contribution < -0.4 is 5.32 Å². The second-order valence-electron chi connectivity index (χ2n) is 4.53. The summed E-state index contributed by atoms with van der Waals surface area (Å²) in [7, 11) is 2.15. The Morgan fingerprint density at radius 2 is 2.18 bits per heavy atom. The zero-order valence-electron chi connectivity index (χ0n) is 11.4. The van der Waals surface area contributed by atoms with Crippen molar-refractivity contribution < 1.29 is 0 Å². The van der Waals surface area contributed by atoms with Crippen molar-refractivity contribution in [2.45, 2.75) is 46.2 Å². The summed E-state index contributed by atoms with van der Waals surface area (Å²) in [4.78, 5) is 3.60. The number of hydrogen-bond acceptors (Lipinski definition) is 5. The normalized spacial score (nSPS) is 13.2. The molecule has 0 fully saturated rings. The highest BCUT2D eigenvalue weighted by Gasteiger charge is 2.09. The zero-order valence-corrected chi connectivity index (χ0v) is 12.2. The topological polar surface area (TPSA) is 41.1 Å². The van der Waals surface area contributed by atoms with Crippen LogP contribution in [0.15, 0.2) is 0 Å². The summed E-state index contributed by atoms with van der Waals surface area (Å²) in [6.07, 6.45) is 2.17. The molecular weight excluding hydrogens is 232 g/mol. The van der Waals surface area contributed by atoms with Crippen LogP contribution in [0.2, 0.25) is 0 Å². The van der Waals surface area contributed by atoms with Gasteiger partial charge in [0.25, 0.3) is 0 Å². The molecule has 1 unspecified atom stereocenters. The molecule has 5 heteroatoms. The van der Waals surface area contributed by atoms with E-state index < -0.39 is 0 Å². The second-order valence-corrected chi connectivity index (χ2v) is 5.37. The number of hydrogen-bond donors (Lipinski definition) is 1. The molecule has 0 spiro atoms. The zero-order chi connectivity index (χ0) is 12.7. The quantitative estimate of drug-likeness (QED) is 0.771. The number of aryl methyl sites for hydroxylation is 1. The molecule has 0 bridgehead atoms. The van der Waals surface area contributed by atoms with E-state index in [1.807, 2.05) is 0 Å². The van der Waals surface area contributed by atoms with Gasteiger partial charge in [-0.3, -0.25) is 0 Å². The Morgan fingerprint density at radius 1 is 1.41 bits per heavy atom. The third-order valence-electron chi connectivity index (χ3n) is 2.86. The molecule has 17 heavy (non-hydrogen) atoms. The Balaban J connectivity index is 2.36. The lowest BCUT2D eigenvalue weighted by Gasteiger charge is -2.20. The van der Waals surface area contributed by atoms with Crippen LogP contribution in [0.3, 0.4) is 0 Å². The Hall–Kier alpha value is -0.520. The van der Waals surface area contributed by atoms with Crippen molar-refractivity contribution in [1.29, 1.82) is 0 Å². The van der Waals surface area contributed by atoms with Gasteiger partial charge in [-0.15, -0.1) is 5.10 Å². The van der Waals surface area contributed by atoms with Gasteiger partial charge >= 0.3 is 0 Å². The fourth-order valence-electron chi connectivity index (χ4n) is 1.72. The molecule has 0 aliphatic carbocycles. The predicted octanol–water partition coefficient (Wildman–Crippen LogP) is 1.92. The first-order valence-corrected chi connectivity index (χ1v) is 7.16. The van der Waals surface area contributed by atoms with Crippen LogP contribution in [0, 0.1) is 0 Å². The van der Waals surface area contributed by atoms with Gasteiger partial charge in [0.15, 0.2) is 0 Å². The lowest BCUT2D eigenvalue weighted by Crippen LogP contribution is -2.36. The highest BCUT2D eigenvalue weighted by molar-refractivity contribution is 7.05. The number of nitrogens with zero attached hydrogens (tertiary/aromatic N) is 3. The van der Waals surface area contributed by atoms with Crippen LogP contribution >= 0.6 is 11.5 Å². The second kappa shape index (κ2) is 7.74. The molecule has 0 saturated carbocycles. The van der Waals surface area contributed by atoms with Crippen LogP contribution in [0.25, 0.3) is 0 Å². The minimum absolute atomic E-state index is 0.497. The summed E-state index contributed by atoms with van der Waals surface area (Å²) >= 11 is 1.52. The molecule has 98 valence electrons. The summed E-state index contributed by atoms with van der Waals surface area (Å²) in [6, 6.07) is 0.497. The van der Waals surface area contributed by atoms with Gasteiger partial charge in [0, 0.05) is 19.1 Å². The Kier molecular flexibility index (Phi) is 6.62. The SMILES string of the molecule is CCCc1nnsc1CNC(C)CN(C)CC. The van der Waals surface area contributed by atoms with Crippen molar-refractivity contribution in [2.24, 2.45) is 0 Å². The van der Waals surface area contributed by atoms with E-state index in [1.54, 1.807) is 0 Å². The van der Waals surface area contributed by atoms with Crippen LogP contribution in [0.4, 0.5) is 0 Å². The molecule has 1 N–H and O–H groups in total. The summed E-state index contributed by atoms with van der Waals surface area (Å²) in [6.45, 7) is 9.64. The maximum Gasteiger partial charge on any atom is 0.0800 e. The van der Waals surface area contributed by atoms with Gasteiger partial charge in [-0.1, -0.05) is 24.8 Å². The smallest absolute Gasteiger partial charge is 0.0800 e. The fraction of sp³-hybridized carbons (Fsp3) is 0.833. The number of likely N-dealkylation sites (N-methyl/N-ethyl adjacent to an activating group) is 1. The lowest BCUT2D eigenvalue weighted by molar-refractivity contribution is 0.309. The first kappa shape index (κ1) is 14.5. The molecule has 4 nitrogen and oxygen atoms in total. The van der Waals surface area contributed by atoms with Crippen LogP contribution in [0.1, 0.15) is 37.8 Å². The fourth-order valence-corrected chi connectivity index (χ4v) is 2.35. The number of aromatic nitrogens is 2. The highest BCUT2D eigenvalue weighted by Crippen LogP contribution is 2.12. The van der Waals surface area contributed by atoms with Gasteiger partial charge in [0.05, 0.1) is 10.6 Å². The molecule has 0 amide bonds. The van der Waals surface area contributed by atoms with Crippen molar-refractivity contribution in [3.8, 4) is 0 Å². The Morgan fingerprint density at radius 3 is 2.82 bits per heavy atom. The van der Waals surface area contributed by atoms with E-state index in [2.05, 4.69) is 47.6 Å². The molecule has 0 radical (unpaired) electrons. The molecule has 0 aliphatic rings. The summed E-state index contributed by atoms with van der Waals surface area (Å²) < 4.78 is 4.04. The molecule has 1 rings (SSSR count). The third kappa shape index (κ3) is 5.10. The molecule has 0 aliphatic heterocycles. The Bertz CT molecular complexity index is 313. The van der Waals surface area contributed by atoms with Crippen LogP contribution in [0.5, 0.6) is 0 Å². The summed E-state index contributed by atoms with van der Waals surface area (Å²) in [5.41, 5.74) is 1.17. The third-order valence-corrected chi connectivity index (χ3v) is 3.62. The first-order chi connectivity index (χ1) is 8.17. The van der Waals surface area contributed by atoms with Crippen molar-refractivity contribution in [3.63, 3.8) is 0 Å². The highest BCUT2D eigenvalue weighted by atomic mass is 32.1. The summed E-state index contributed by atoms with van der Waals surface area (Å²) in [5, 5.41) is 7.72. The minimum Gasteiger partial charge on any atom is -0.308 e. The van der Waals surface area contributed by atoms with E-state index in [0.717, 1.165) is 32.5 Å². The predicted molar refractivity (Wildman–Crippen MR) is 73.4 cm³/mol. The lowest BCUT2D eigenvalue weighted by atomic mass is 10.2. The van der Waals surface area contributed by atoms with Crippen LogP contribution in [-0.4, -0.2) is 40.7 Å². The standard InChI is InChI=1S/C12H24N4S/c1-5-7-11-12(17-15-14-11)8-13-10(3)9-16(4)6-2/h10,13H,5-9H2,1-4H3. The van der Waals surface area contributed by atoms with E-state index >= 15 is 0 Å². The maximum absolute atomic E-state index is 4.18. The van der Waals surface area contributed by atoms with Crippen molar-refractivity contribution in [1.82, 2.24) is 19.8 Å². The van der Waals surface area contributed by atoms with Crippen molar-refractivity contribution in [2.75, 3.05) is 20.1 Å². The minimum atomic E-state index is 0.497. The molecule has 0 aromatic carbocycles. The maximum atomic E-state index is 4.18. The van der Waals surface area contributed by atoms with Crippen LogP contribution in [-0.2, 0) is 13.0 Å². The Labute approximate surface area is 109 Å². The van der Waals surface area contributed by atoms with Gasteiger partial charge in [-0.05, 0) is 38.5 Å². The number of rotatable bonds is 8. The van der Waals surface area contributed by atoms with Gasteiger partial charge in [-0.25, -0.2) is 0 Å². The summed E-state index contributed by atoms with van der Waals surface area (Å²) in [5.74, 6) is 0. The van der Waals surface area contributed by atoms with Crippen molar-refractivity contribution in [3.05, 3.63) is 10.6 Å². The van der Waals surface area contributed by atoms with E-state index in [1.165, 1.54) is 22.1 Å². The molecular formula is C12H24N4S. The average molecular weight is 256 g/mol. The van der Waals surface area contributed by atoms with E-state index in [-0.39, 0.29) is 0 Å². The molecule has 1 heterocycles. The van der Waals surface area contributed by atoms with Crippen molar-refractivity contribution >= 4 is 11.5 Å². The first-order valence-electron chi connectivity index (χ1n) is 6.39. The molecule has 1 atom stereocenters. The number of nitrogens with one attached hydrogen (secondary N) is 1.